The summed E-state index contributed by atoms with van der Waals surface area (Å²) in [5.41, 5.74) is 2.71. The van der Waals surface area contributed by atoms with Gasteiger partial charge >= 0.3 is 0 Å². The highest BCUT2D eigenvalue weighted by molar-refractivity contribution is 5.22. The van der Waals surface area contributed by atoms with Crippen molar-refractivity contribution in [3.63, 3.8) is 0 Å². The molecule has 1 aromatic carbocycles. The van der Waals surface area contributed by atoms with Gasteiger partial charge in [-0.1, -0.05) is 29.8 Å². The Morgan fingerprint density at radius 3 is 3.00 bits per heavy atom. The van der Waals surface area contributed by atoms with Gasteiger partial charge in [-0.05, 0) is 31.7 Å². The molecule has 3 rings (SSSR count). The van der Waals surface area contributed by atoms with Crippen LogP contribution in [0, 0.1) is 6.92 Å². The summed E-state index contributed by atoms with van der Waals surface area (Å²) in [6, 6.07) is 9.29. The van der Waals surface area contributed by atoms with Gasteiger partial charge in [0.25, 0.3) is 0 Å². The van der Waals surface area contributed by atoms with Crippen molar-refractivity contribution >= 4 is 0 Å². The van der Waals surface area contributed by atoms with Crippen LogP contribution in [0.4, 0.5) is 0 Å². The van der Waals surface area contributed by atoms with Crippen LogP contribution in [-0.4, -0.2) is 18.2 Å². The van der Waals surface area contributed by atoms with E-state index in [-0.39, 0.29) is 0 Å². The van der Waals surface area contributed by atoms with Gasteiger partial charge in [0.15, 0.2) is 0 Å². The Morgan fingerprint density at radius 1 is 1.38 bits per heavy atom. The zero-order chi connectivity index (χ0) is 11.0. The van der Waals surface area contributed by atoms with Crippen LogP contribution < -0.4 is 5.32 Å². The first kappa shape index (κ1) is 10.3. The third-order valence-corrected chi connectivity index (χ3v) is 3.76. The molecule has 2 saturated heterocycles. The molecule has 1 aromatic rings. The number of aryl methyl sites for hydroxylation is 1. The highest BCUT2D eigenvalue weighted by Gasteiger charge is 2.40. The lowest BCUT2D eigenvalue weighted by molar-refractivity contribution is 0.0973. The van der Waals surface area contributed by atoms with E-state index >= 15 is 0 Å². The highest BCUT2D eigenvalue weighted by atomic mass is 16.5. The monoisotopic (exact) mass is 217 g/mol. The van der Waals surface area contributed by atoms with Crippen molar-refractivity contribution in [2.45, 2.75) is 51.0 Å². The first-order chi connectivity index (χ1) is 7.81. The molecule has 0 radical (unpaired) electrons. The predicted octanol–water partition coefficient (Wildman–Crippen LogP) is 2.40. The van der Waals surface area contributed by atoms with Gasteiger partial charge in [0.2, 0.25) is 0 Å². The molecule has 0 saturated carbocycles. The zero-order valence-corrected chi connectivity index (χ0v) is 9.78. The maximum absolute atomic E-state index is 5.83. The maximum atomic E-state index is 5.83. The summed E-state index contributed by atoms with van der Waals surface area (Å²) >= 11 is 0. The maximum Gasteiger partial charge on any atom is 0.0733 e. The van der Waals surface area contributed by atoms with Crippen LogP contribution in [0.25, 0.3) is 0 Å². The number of nitrogens with one attached hydrogen (secondary N) is 1. The molecule has 2 bridgehead atoms. The van der Waals surface area contributed by atoms with E-state index in [0.717, 1.165) is 6.54 Å². The molecule has 2 aliphatic heterocycles. The van der Waals surface area contributed by atoms with Crippen molar-refractivity contribution in [1.29, 1.82) is 0 Å². The van der Waals surface area contributed by atoms with Crippen LogP contribution in [0.1, 0.15) is 30.4 Å². The lowest BCUT2D eigenvalue weighted by atomic mass is 9.95. The first-order valence-corrected chi connectivity index (χ1v) is 6.25. The van der Waals surface area contributed by atoms with Gasteiger partial charge in [0.05, 0.1) is 12.2 Å². The Labute approximate surface area is 97.0 Å². The smallest absolute Gasteiger partial charge is 0.0733 e. The predicted molar refractivity (Wildman–Crippen MR) is 64.3 cm³/mol. The molecule has 1 N–H and O–H groups in total. The minimum atomic E-state index is 0.481. The molecule has 0 spiro atoms. The molecule has 86 valence electrons. The van der Waals surface area contributed by atoms with Gasteiger partial charge in [-0.2, -0.15) is 0 Å². The second-order valence-electron chi connectivity index (χ2n) is 5.09. The van der Waals surface area contributed by atoms with E-state index in [0.29, 0.717) is 18.2 Å². The summed E-state index contributed by atoms with van der Waals surface area (Å²) in [6.07, 6.45) is 4.75. The molecule has 0 amide bonds. The molecule has 3 atom stereocenters. The van der Waals surface area contributed by atoms with Crippen LogP contribution in [0.3, 0.4) is 0 Å². The van der Waals surface area contributed by atoms with Crippen LogP contribution in [0.2, 0.25) is 0 Å². The van der Waals surface area contributed by atoms with E-state index < -0.39 is 0 Å². The Hall–Kier alpha value is -0.860. The standard InChI is InChI=1S/C14H19NO/c1-10-3-2-4-11(7-10)9-15-13-8-12-5-6-14(13)16-12/h2-4,7,12-15H,5-6,8-9H2,1H3. The average Bonchev–Trinajstić information content (AvgIpc) is 2.88. The third kappa shape index (κ3) is 2.00. The van der Waals surface area contributed by atoms with E-state index in [9.17, 15) is 0 Å². The first-order valence-electron chi connectivity index (χ1n) is 6.25. The quantitative estimate of drug-likeness (QED) is 0.839. The average molecular weight is 217 g/mol. The number of benzene rings is 1. The van der Waals surface area contributed by atoms with Crippen LogP contribution in [-0.2, 0) is 11.3 Å². The van der Waals surface area contributed by atoms with E-state index in [1.165, 1.54) is 30.4 Å². The minimum Gasteiger partial charge on any atom is -0.373 e. The fraction of sp³-hybridized carbons (Fsp3) is 0.571. The second kappa shape index (κ2) is 4.19. The van der Waals surface area contributed by atoms with E-state index in [2.05, 4.69) is 36.5 Å². The van der Waals surface area contributed by atoms with Gasteiger partial charge in [0, 0.05) is 12.6 Å². The van der Waals surface area contributed by atoms with E-state index in [4.69, 9.17) is 4.74 Å². The Morgan fingerprint density at radius 2 is 2.31 bits per heavy atom. The number of fused-ring (bicyclic) bond motifs is 2. The molecular weight excluding hydrogens is 198 g/mol. The van der Waals surface area contributed by atoms with E-state index in [1.807, 2.05) is 0 Å². The summed E-state index contributed by atoms with van der Waals surface area (Å²) in [7, 11) is 0. The Kier molecular flexibility index (Phi) is 2.70. The van der Waals surface area contributed by atoms with Crippen molar-refractivity contribution in [3.8, 4) is 0 Å². The molecule has 2 aliphatic rings. The largest absolute Gasteiger partial charge is 0.373 e. The molecule has 2 heteroatoms. The lowest BCUT2D eigenvalue weighted by Gasteiger charge is -2.20. The highest BCUT2D eigenvalue weighted by Crippen LogP contribution is 2.34. The third-order valence-electron chi connectivity index (χ3n) is 3.76. The Balaban J connectivity index is 1.57. The van der Waals surface area contributed by atoms with Crippen molar-refractivity contribution < 1.29 is 4.74 Å². The summed E-state index contributed by atoms with van der Waals surface area (Å²) in [6.45, 7) is 3.11. The van der Waals surface area contributed by atoms with Crippen LogP contribution in [0.15, 0.2) is 24.3 Å². The van der Waals surface area contributed by atoms with E-state index in [1.54, 1.807) is 0 Å². The molecule has 16 heavy (non-hydrogen) atoms. The number of hydrogen-bond acceptors (Lipinski definition) is 2. The summed E-state index contributed by atoms with van der Waals surface area (Å²) in [5, 5.41) is 3.63. The van der Waals surface area contributed by atoms with Crippen molar-refractivity contribution in [3.05, 3.63) is 35.4 Å². The minimum absolute atomic E-state index is 0.481. The Bertz CT molecular complexity index is 377. The van der Waals surface area contributed by atoms with Crippen LogP contribution in [0.5, 0.6) is 0 Å². The SMILES string of the molecule is Cc1cccc(CNC2CC3CCC2O3)c1. The summed E-state index contributed by atoms with van der Waals surface area (Å²) in [5.74, 6) is 0. The summed E-state index contributed by atoms with van der Waals surface area (Å²) < 4.78 is 5.83. The normalized spacial score (nSPS) is 32.2. The fourth-order valence-corrected chi connectivity index (χ4v) is 2.92. The summed E-state index contributed by atoms with van der Waals surface area (Å²) in [4.78, 5) is 0. The van der Waals surface area contributed by atoms with Gasteiger partial charge in [-0.3, -0.25) is 0 Å². The lowest BCUT2D eigenvalue weighted by Crippen LogP contribution is -2.36. The molecular formula is C14H19NO. The van der Waals surface area contributed by atoms with Gasteiger partial charge in [0.1, 0.15) is 0 Å². The van der Waals surface area contributed by atoms with Crippen LogP contribution >= 0.6 is 0 Å². The number of rotatable bonds is 3. The van der Waals surface area contributed by atoms with Crippen molar-refractivity contribution in [2.75, 3.05) is 0 Å². The number of ether oxygens (including phenoxy) is 1. The van der Waals surface area contributed by atoms with Gasteiger partial charge in [-0.25, -0.2) is 0 Å². The van der Waals surface area contributed by atoms with Gasteiger partial charge < -0.3 is 10.1 Å². The van der Waals surface area contributed by atoms with Crippen molar-refractivity contribution in [1.82, 2.24) is 5.32 Å². The molecule has 2 nitrogen and oxygen atoms in total. The molecule has 0 aliphatic carbocycles. The van der Waals surface area contributed by atoms with Gasteiger partial charge in [-0.15, -0.1) is 0 Å². The number of hydrogen-bond donors (Lipinski definition) is 1. The fourth-order valence-electron chi connectivity index (χ4n) is 2.92. The topological polar surface area (TPSA) is 21.3 Å². The van der Waals surface area contributed by atoms with Crippen molar-refractivity contribution in [2.24, 2.45) is 0 Å². The molecule has 2 heterocycles. The molecule has 0 aromatic heterocycles. The zero-order valence-electron chi connectivity index (χ0n) is 9.78. The molecule has 2 fully saturated rings. The molecule has 3 unspecified atom stereocenters. The second-order valence-corrected chi connectivity index (χ2v) is 5.09.